The lowest BCUT2D eigenvalue weighted by atomic mass is 10.3. The number of hydrogen-bond acceptors (Lipinski definition) is 2. The highest BCUT2D eigenvalue weighted by Crippen LogP contribution is 2.14. The van der Waals surface area contributed by atoms with Gasteiger partial charge in [-0.1, -0.05) is 0 Å². The summed E-state index contributed by atoms with van der Waals surface area (Å²) in [5.41, 5.74) is 0.670. The van der Waals surface area contributed by atoms with Gasteiger partial charge in [-0.05, 0) is 26.0 Å². The number of esters is 1. The van der Waals surface area contributed by atoms with Gasteiger partial charge in [0.15, 0.2) is 0 Å². The van der Waals surface area contributed by atoms with E-state index in [1.54, 1.807) is 19.1 Å². The smallest absolute Gasteiger partial charge is 0.339 e. The molecular formula is C7H8O2. The van der Waals surface area contributed by atoms with Gasteiger partial charge in [0.05, 0.1) is 0 Å². The van der Waals surface area contributed by atoms with E-state index in [-0.39, 0.29) is 5.97 Å². The molecule has 1 aliphatic heterocycles. The minimum Gasteiger partial charge on any atom is -0.424 e. The van der Waals surface area contributed by atoms with Crippen LogP contribution in [0.2, 0.25) is 0 Å². The maximum Gasteiger partial charge on any atom is 0.339 e. The Kier molecular flexibility index (Phi) is 1.39. The van der Waals surface area contributed by atoms with Crippen molar-refractivity contribution in [3.63, 3.8) is 0 Å². The third kappa shape index (κ3) is 1.02. The van der Waals surface area contributed by atoms with E-state index in [1.807, 2.05) is 6.92 Å². The summed E-state index contributed by atoms with van der Waals surface area (Å²) in [5, 5.41) is 0. The van der Waals surface area contributed by atoms with Crippen LogP contribution in [0.15, 0.2) is 23.5 Å². The highest BCUT2D eigenvalue weighted by molar-refractivity contribution is 5.92. The average molecular weight is 124 g/mol. The van der Waals surface area contributed by atoms with Crippen molar-refractivity contribution in [2.45, 2.75) is 13.8 Å². The molecule has 9 heavy (non-hydrogen) atoms. The lowest BCUT2D eigenvalue weighted by Crippen LogP contribution is -1.94. The molecule has 0 N–H and O–H groups in total. The molecule has 0 aromatic carbocycles. The number of rotatable bonds is 0. The molecule has 1 aliphatic rings. The maximum absolute atomic E-state index is 10.6. The van der Waals surface area contributed by atoms with Gasteiger partial charge < -0.3 is 4.74 Å². The molecule has 48 valence electrons. The minimum atomic E-state index is -0.233. The van der Waals surface area contributed by atoms with Gasteiger partial charge in [0.25, 0.3) is 0 Å². The summed E-state index contributed by atoms with van der Waals surface area (Å²) in [7, 11) is 0. The zero-order valence-corrected chi connectivity index (χ0v) is 5.47. The van der Waals surface area contributed by atoms with E-state index in [2.05, 4.69) is 0 Å². The summed E-state index contributed by atoms with van der Waals surface area (Å²) in [5.74, 6) is 0.417. The lowest BCUT2D eigenvalue weighted by Gasteiger charge is -1.90. The highest BCUT2D eigenvalue weighted by atomic mass is 16.5. The Bertz CT molecular complexity index is 199. The zero-order chi connectivity index (χ0) is 6.85. The molecule has 0 atom stereocenters. The standard InChI is InChI=1S/C7H8O2/c1-3-6-4-5(2)7(8)9-6/h3-4H,1-2H3/b6-3-. The van der Waals surface area contributed by atoms with Crippen molar-refractivity contribution in [2.24, 2.45) is 0 Å². The normalized spacial score (nSPS) is 22.2. The van der Waals surface area contributed by atoms with E-state index >= 15 is 0 Å². The van der Waals surface area contributed by atoms with Crippen molar-refractivity contribution in [3.05, 3.63) is 23.5 Å². The van der Waals surface area contributed by atoms with Crippen LogP contribution < -0.4 is 0 Å². The molecule has 0 fully saturated rings. The van der Waals surface area contributed by atoms with Crippen LogP contribution in [0, 0.1) is 0 Å². The number of hydrogen-bond donors (Lipinski definition) is 0. The molecule has 0 spiro atoms. The van der Waals surface area contributed by atoms with Crippen molar-refractivity contribution >= 4 is 5.97 Å². The highest BCUT2D eigenvalue weighted by Gasteiger charge is 2.14. The summed E-state index contributed by atoms with van der Waals surface area (Å²) in [6, 6.07) is 0. The molecule has 0 unspecified atom stereocenters. The van der Waals surface area contributed by atoms with E-state index in [9.17, 15) is 4.79 Å². The van der Waals surface area contributed by atoms with E-state index in [1.165, 1.54) is 0 Å². The molecule has 0 saturated carbocycles. The van der Waals surface area contributed by atoms with Crippen LogP contribution in [0.4, 0.5) is 0 Å². The van der Waals surface area contributed by atoms with Crippen LogP contribution in [-0.2, 0) is 9.53 Å². The van der Waals surface area contributed by atoms with E-state index in [4.69, 9.17) is 4.74 Å². The summed E-state index contributed by atoms with van der Waals surface area (Å²) in [6.07, 6.45) is 3.48. The van der Waals surface area contributed by atoms with Gasteiger partial charge in [-0.3, -0.25) is 0 Å². The molecule has 0 amide bonds. The Morgan fingerprint density at radius 1 is 1.67 bits per heavy atom. The quantitative estimate of drug-likeness (QED) is 0.456. The first-order valence-electron chi connectivity index (χ1n) is 2.81. The third-order valence-corrected chi connectivity index (χ3v) is 1.18. The second kappa shape index (κ2) is 2.05. The Hall–Kier alpha value is -1.05. The molecule has 2 nitrogen and oxygen atoms in total. The summed E-state index contributed by atoms with van der Waals surface area (Å²) >= 11 is 0. The second-order valence-electron chi connectivity index (χ2n) is 1.91. The number of cyclic esters (lactones) is 1. The Morgan fingerprint density at radius 2 is 2.33 bits per heavy atom. The van der Waals surface area contributed by atoms with Crippen LogP contribution in [0.3, 0.4) is 0 Å². The molecule has 0 radical (unpaired) electrons. The molecule has 1 rings (SSSR count). The topological polar surface area (TPSA) is 26.3 Å². The molecule has 0 aromatic rings. The van der Waals surface area contributed by atoms with Gasteiger partial charge in [0, 0.05) is 5.57 Å². The first-order valence-corrected chi connectivity index (χ1v) is 2.81. The van der Waals surface area contributed by atoms with Gasteiger partial charge in [0.1, 0.15) is 5.76 Å². The SMILES string of the molecule is C/C=C1/C=C(C)C(=O)O1. The molecule has 0 aliphatic carbocycles. The van der Waals surface area contributed by atoms with Crippen molar-refractivity contribution in [1.82, 2.24) is 0 Å². The van der Waals surface area contributed by atoms with Crippen molar-refractivity contribution in [3.8, 4) is 0 Å². The predicted molar refractivity (Wildman–Crippen MR) is 33.6 cm³/mol. The number of carbonyl (C=O) groups is 1. The number of allylic oxidation sites excluding steroid dienone is 2. The molecule has 0 saturated heterocycles. The summed E-state index contributed by atoms with van der Waals surface area (Å²) in [6.45, 7) is 3.57. The van der Waals surface area contributed by atoms with E-state index < -0.39 is 0 Å². The van der Waals surface area contributed by atoms with Crippen molar-refractivity contribution < 1.29 is 9.53 Å². The third-order valence-electron chi connectivity index (χ3n) is 1.18. The monoisotopic (exact) mass is 124 g/mol. The molecule has 1 heterocycles. The first kappa shape index (κ1) is 6.08. The maximum atomic E-state index is 10.6. The molecular weight excluding hydrogens is 116 g/mol. The Labute approximate surface area is 53.8 Å². The first-order chi connectivity index (χ1) is 4.24. The molecule has 0 aromatic heterocycles. The van der Waals surface area contributed by atoms with Gasteiger partial charge in [-0.2, -0.15) is 0 Å². The number of ether oxygens (including phenoxy) is 1. The van der Waals surface area contributed by atoms with Crippen LogP contribution in [0.25, 0.3) is 0 Å². The summed E-state index contributed by atoms with van der Waals surface area (Å²) < 4.78 is 4.75. The number of carbonyl (C=O) groups excluding carboxylic acids is 1. The van der Waals surface area contributed by atoms with Gasteiger partial charge in [-0.15, -0.1) is 0 Å². The fraction of sp³-hybridized carbons (Fsp3) is 0.286. The van der Waals surface area contributed by atoms with E-state index in [0.29, 0.717) is 11.3 Å². The molecule has 0 bridgehead atoms. The average Bonchev–Trinajstić information content (AvgIpc) is 2.13. The largest absolute Gasteiger partial charge is 0.424 e. The van der Waals surface area contributed by atoms with Crippen LogP contribution in [0.5, 0.6) is 0 Å². The summed E-state index contributed by atoms with van der Waals surface area (Å²) in [4.78, 5) is 10.6. The lowest BCUT2D eigenvalue weighted by molar-refractivity contribution is -0.133. The van der Waals surface area contributed by atoms with E-state index in [0.717, 1.165) is 0 Å². The fourth-order valence-corrected chi connectivity index (χ4v) is 0.632. The van der Waals surface area contributed by atoms with Crippen molar-refractivity contribution in [1.29, 1.82) is 0 Å². The van der Waals surface area contributed by atoms with Crippen LogP contribution >= 0.6 is 0 Å². The van der Waals surface area contributed by atoms with Crippen molar-refractivity contribution in [2.75, 3.05) is 0 Å². The van der Waals surface area contributed by atoms with Gasteiger partial charge in [-0.25, -0.2) is 4.79 Å². The van der Waals surface area contributed by atoms with Gasteiger partial charge in [0.2, 0.25) is 0 Å². The zero-order valence-electron chi connectivity index (χ0n) is 5.47. The minimum absolute atomic E-state index is 0.233. The Morgan fingerprint density at radius 3 is 2.56 bits per heavy atom. The Balaban J connectivity index is 2.86. The molecule has 2 heteroatoms. The van der Waals surface area contributed by atoms with Crippen LogP contribution in [-0.4, -0.2) is 5.97 Å². The van der Waals surface area contributed by atoms with Crippen LogP contribution in [0.1, 0.15) is 13.8 Å². The van der Waals surface area contributed by atoms with Gasteiger partial charge >= 0.3 is 5.97 Å². The fourth-order valence-electron chi connectivity index (χ4n) is 0.632. The predicted octanol–water partition coefficient (Wildman–Crippen LogP) is 1.39. The second-order valence-corrected chi connectivity index (χ2v) is 1.91.